The van der Waals surface area contributed by atoms with Gasteiger partial charge < -0.3 is 19.5 Å². The maximum Gasteiger partial charge on any atom is 0.514 e. The normalized spacial score (nSPS) is 27.2. The first-order chi connectivity index (χ1) is 14.8. The molecule has 32 heavy (non-hydrogen) atoms. The van der Waals surface area contributed by atoms with E-state index in [0.29, 0.717) is 0 Å². The van der Waals surface area contributed by atoms with Crippen molar-refractivity contribution in [3.05, 3.63) is 59.7 Å². The minimum Gasteiger partial charge on any atom is -0.431 e. The van der Waals surface area contributed by atoms with Gasteiger partial charge in [-0.2, -0.15) is 9.79 Å². The van der Waals surface area contributed by atoms with Gasteiger partial charge in [-0.3, -0.25) is 14.1 Å². The van der Waals surface area contributed by atoms with Gasteiger partial charge in [0.15, 0.2) is 0 Å². The van der Waals surface area contributed by atoms with Crippen molar-refractivity contribution in [1.82, 2.24) is 4.98 Å². The average molecular weight is 492 g/mol. The molecule has 3 rings (SSSR count). The van der Waals surface area contributed by atoms with Crippen LogP contribution in [0, 0.1) is 5.82 Å². The van der Waals surface area contributed by atoms with Crippen LogP contribution >= 0.6 is 15.5 Å². The molecule has 4 N–H and O–H groups in total. The van der Waals surface area contributed by atoms with Gasteiger partial charge >= 0.3 is 26.8 Å². The number of carbonyl (C=O) groups is 1. The van der Waals surface area contributed by atoms with E-state index in [2.05, 4.69) is 4.98 Å². The van der Waals surface area contributed by atoms with Gasteiger partial charge in [-0.1, -0.05) is 6.07 Å². The lowest BCUT2D eigenvalue weighted by atomic mass is 10.2. The van der Waals surface area contributed by atoms with Gasteiger partial charge in [0, 0.05) is 24.0 Å². The molecular weight excluding hydrogens is 471 g/mol. The second-order valence-corrected chi connectivity index (χ2v) is 11.5. The predicted molar refractivity (Wildman–Crippen MR) is 108 cm³/mol. The van der Waals surface area contributed by atoms with E-state index in [1.165, 1.54) is 24.5 Å². The molecule has 0 amide bonds. The number of aliphatic hydroxyl groups is 1. The fourth-order valence-corrected chi connectivity index (χ4v) is 6.40. The number of rotatable bonds is 5. The first-order valence-corrected chi connectivity index (χ1v) is 12.4. The lowest BCUT2D eigenvalue weighted by Crippen LogP contribution is -2.40. The van der Waals surface area contributed by atoms with Crippen LogP contribution < -0.4 is 4.74 Å². The van der Waals surface area contributed by atoms with Crippen molar-refractivity contribution in [1.29, 1.82) is 0 Å². The van der Waals surface area contributed by atoms with Crippen LogP contribution in [0.5, 0.6) is 5.75 Å². The molecule has 3 atom stereocenters. The summed E-state index contributed by atoms with van der Waals surface area (Å²) in [6, 6.07) is 5.75. The summed E-state index contributed by atoms with van der Waals surface area (Å²) in [5.74, 6) is -1.36. The lowest BCUT2D eigenvalue weighted by Gasteiger charge is -2.38. The van der Waals surface area contributed by atoms with E-state index in [4.69, 9.17) is 18.5 Å². The maximum absolute atomic E-state index is 14.6. The van der Waals surface area contributed by atoms with Gasteiger partial charge in [-0.15, -0.1) is 4.52 Å². The Hall–Kier alpha value is -2.01. The molecule has 1 saturated heterocycles. The minimum absolute atomic E-state index is 0.198. The Morgan fingerprint density at radius 3 is 2.66 bits per heavy atom. The van der Waals surface area contributed by atoms with Crippen LogP contribution in [0.25, 0.3) is 0 Å². The fraction of sp³-hybridized carbons (Fsp3) is 0.333. The van der Waals surface area contributed by atoms with E-state index in [-0.39, 0.29) is 11.3 Å². The molecular formula is C18H21FNO10P2+. The standard InChI is InChI=1S/C18H20FNO10P2/c1-11(2)27-17(21)28-13-5-6-14(15(19)8-13)16-29-31(23,24)18(22,32(25,26)30-16)9-12-4-3-7-20-10-12/h3-8,10-11,16,22-24H,9H2,1-2H3/p+1. The van der Waals surface area contributed by atoms with Crippen LogP contribution in [0.3, 0.4) is 0 Å². The first-order valence-electron chi connectivity index (χ1n) is 9.18. The number of hydrogen-bond acceptors (Lipinski definition) is 10. The van der Waals surface area contributed by atoms with Crippen molar-refractivity contribution in [2.75, 3.05) is 0 Å². The molecule has 3 unspecified atom stereocenters. The Balaban J connectivity index is 1.84. The topological polar surface area (TPSA) is 165 Å². The molecule has 1 aromatic heterocycles. The summed E-state index contributed by atoms with van der Waals surface area (Å²) in [6.45, 7) is 3.18. The maximum atomic E-state index is 14.6. The van der Waals surface area contributed by atoms with E-state index >= 15 is 0 Å². The fourth-order valence-electron chi connectivity index (χ4n) is 2.78. The van der Waals surface area contributed by atoms with E-state index in [1.54, 1.807) is 13.8 Å². The Morgan fingerprint density at radius 2 is 2.09 bits per heavy atom. The molecule has 174 valence electrons. The summed E-state index contributed by atoms with van der Waals surface area (Å²) in [5, 5.41) is 7.63. The number of pyridine rings is 1. The summed E-state index contributed by atoms with van der Waals surface area (Å²) in [6.07, 6.45) is -1.66. The second kappa shape index (κ2) is 9.09. The van der Waals surface area contributed by atoms with Crippen molar-refractivity contribution in [2.24, 2.45) is 0 Å². The molecule has 0 radical (unpaired) electrons. The molecule has 0 spiro atoms. The quantitative estimate of drug-likeness (QED) is 0.275. The van der Waals surface area contributed by atoms with Crippen LogP contribution in [0.15, 0.2) is 42.7 Å². The first kappa shape index (κ1) is 24.6. The Bertz CT molecular complexity index is 1040. The van der Waals surface area contributed by atoms with E-state index < -0.39 is 57.0 Å². The van der Waals surface area contributed by atoms with Crippen molar-refractivity contribution >= 4 is 21.7 Å². The Kier molecular flexibility index (Phi) is 6.99. The number of halogens is 1. The van der Waals surface area contributed by atoms with Crippen molar-refractivity contribution in [3.63, 3.8) is 0 Å². The zero-order chi connectivity index (χ0) is 23.7. The van der Waals surface area contributed by atoms with Crippen LogP contribution in [0.1, 0.15) is 31.3 Å². The molecule has 0 bridgehead atoms. The van der Waals surface area contributed by atoms with Crippen molar-refractivity contribution in [3.8, 4) is 5.75 Å². The minimum atomic E-state index is -5.21. The molecule has 2 aromatic rings. The zero-order valence-electron chi connectivity index (χ0n) is 16.9. The molecule has 11 nitrogen and oxygen atoms in total. The molecule has 1 fully saturated rings. The van der Waals surface area contributed by atoms with Crippen molar-refractivity contribution < 1.29 is 52.1 Å². The van der Waals surface area contributed by atoms with Crippen molar-refractivity contribution in [2.45, 2.75) is 37.7 Å². The summed E-state index contributed by atoms with van der Waals surface area (Å²) in [5.41, 5.74) is -0.303. The molecule has 0 aliphatic carbocycles. The smallest absolute Gasteiger partial charge is 0.431 e. The van der Waals surface area contributed by atoms with Gasteiger partial charge in [0.1, 0.15) is 11.6 Å². The highest BCUT2D eigenvalue weighted by atomic mass is 31.3. The van der Waals surface area contributed by atoms with Crippen LogP contribution in [-0.4, -0.2) is 42.1 Å². The SMILES string of the molecule is CC(C)OC(=O)Oc1ccc(C2OP(=O)(O)C(O)(Cc3cccnc3)[P+](O)(O)O2)c(F)c1. The zero-order valence-corrected chi connectivity index (χ0v) is 18.7. The second-order valence-electron chi connectivity index (χ2n) is 7.12. The molecule has 1 aliphatic rings. The number of nitrogens with zero attached hydrogens (tertiary/aromatic N) is 1. The van der Waals surface area contributed by atoms with Gasteiger partial charge in [0.2, 0.25) is 6.29 Å². The van der Waals surface area contributed by atoms with Crippen LogP contribution in [0.4, 0.5) is 9.18 Å². The lowest BCUT2D eigenvalue weighted by molar-refractivity contribution is -0.0699. The van der Waals surface area contributed by atoms with E-state index in [0.717, 1.165) is 18.2 Å². The Morgan fingerprint density at radius 1 is 1.38 bits per heavy atom. The monoisotopic (exact) mass is 492 g/mol. The highest BCUT2D eigenvalue weighted by molar-refractivity contribution is 7.76. The third kappa shape index (κ3) is 4.98. The van der Waals surface area contributed by atoms with Crippen LogP contribution in [0.2, 0.25) is 0 Å². The number of carbonyl (C=O) groups excluding carboxylic acids is 1. The summed E-state index contributed by atoms with van der Waals surface area (Å²) in [4.78, 5) is 46.5. The molecule has 1 aromatic carbocycles. The summed E-state index contributed by atoms with van der Waals surface area (Å²) < 4.78 is 46.8. The molecule has 1 aliphatic heterocycles. The highest BCUT2D eigenvalue weighted by Crippen LogP contribution is 2.82. The summed E-state index contributed by atoms with van der Waals surface area (Å²) >= 11 is 0. The average Bonchev–Trinajstić information content (AvgIpc) is 2.66. The van der Waals surface area contributed by atoms with Gasteiger partial charge in [0.05, 0.1) is 12.5 Å². The number of hydrogen-bond donors (Lipinski definition) is 4. The third-order valence-corrected chi connectivity index (χ3v) is 8.98. The van der Waals surface area contributed by atoms with E-state index in [9.17, 15) is 33.5 Å². The van der Waals surface area contributed by atoms with Gasteiger partial charge in [0.25, 0.3) is 0 Å². The van der Waals surface area contributed by atoms with Gasteiger partial charge in [-0.05, 0) is 37.6 Å². The largest absolute Gasteiger partial charge is 0.514 e. The molecule has 2 heterocycles. The van der Waals surface area contributed by atoms with Gasteiger partial charge in [-0.25, -0.2) is 9.18 Å². The number of aromatic nitrogens is 1. The predicted octanol–water partition coefficient (Wildman–Crippen LogP) is 3.01. The highest BCUT2D eigenvalue weighted by Gasteiger charge is 2.77. The van der Waals surface area contributed by atoms with Crippen LogP contribution in [-0.2, 0) is 24.8 Å². The number of ether oxygens (including phenoxy) is 2. The Labute approximate surface area is 182 Å². The molecule has 0 saturated carbocycles. The number of benzene rings is 1. The van der Waals surface area contributed by atoms with E-state index in [1.807, 2.05) is 0 Å². The molecule has 14 heteroatoms. The third-order valence-electron chi connectivity index (χ3n) is 4.32. The summed E-state index contributed by atoms with van der Waals surface area (Å²) in [7, 11) is -10.2.